The van der Waals surface area contributed by atoms with Crippen molar-refractivity contribution in [2.75, 3.05) is 46.1 Å². The molecule has 2 rings (SSSR count). The lowest BCUT2D eigenvalue weighted by molar-refractivity contribution is 0.0424. The number of hydrogen-bond acceptors (Lipinski definition) is 4. The van der Waals surface area contributed by atoms with Crippen LogP contribution < -0.4 is 15.4 Å². The largest absolute Gasteiger partial charge is 0.492 e. The fourth-order valence-corrected chi connectivity index (χ4v) is 2.39. The van der Waals surface area contributed by atoms with Gasteiger partial charge in [-0.3, -0.25) is 4.99 Å². The lowest BCUT2D eigenvalue weighted by Crippen LogP contribution is -2.39. The molecule has 0 saturated carbocycles. The Labute approximate surface area is 148 Å². The number of nitrogens with one attached hydrogen (secondary N) is 2. The molecule has 25 heavy (non-hydrogen) atoms. The molecule has 1 aliphatic heterocycles. The molecule has 1 unspecified atom stereocenters. The number of guanidine groups is 1. The predicted octanol–water partition coefficient (Wildman–Crippen LogP) is 1.96. The van der Waals surface area contributed by atoms with Crippen molar-refractivity contribution >= 4 is 5.96 Å². The van der Waals surface area contributed by atoms with E-state index in [2.05, 4.69) is 15.6 Å². The summed E-state index contributed by atoms with van der Waals surface area (Å²) in [6.07, 6.45) is 2.10. The summed E-state index contributed by atoms with van der Waals surface area (Å²) < 4.78 is 29.6. The Balaban J connectivity index is 1.59. The quantitative estimate of drug-likeness (QED) is 0.382. The van der Waals surface area contributed by atoms with Crippen molar-refractivity contribution in [3.8, 4) is 5.75 Å². The Morgan fingerprint density at radius 3 is 3.04 bits per heavy atom. The van der Waals surface area contributed by atoms with Gasteiger partial charge in [-0.25, -0.2) is 4.39 Å². The first-order valence-corrected chi connectivity index (χ1v) is 8.88. The zero-order chi connectivity index (χ0) is 17.7. The van der Waals surface area contributed by atoms with E-state index in [9.17, 15) is 4.39 Å². The summed E-state index contributed by atoms with van der Waals surface area (Å²) in [6.45, 7) is 6.70. The molecule has 0 aliphatic carbocycles. The molecule has 1 atom stereocenters. The van der Waals surface area contributed by atoms with Crippen molar-refractivity contribution in [3.05, 3.63) is 30.1 Å². The zero-order valence-electron chi connectivity index (χ0n) is 14.8. The van der Waals surface area contributed by atoms with Crippen LogP contribution in [0.5, 0.6) is 5.75 Å². The molecule has 140 valence electrons. The third kappa shape index (κ3) is 8.18. The van der Waals surface area contributed by atoms with Crippen LogP contribution in [-0.4, -0.2) is 58.1 Å². The Morgan fingerprint density at radius 2 is 2.28 bits per heavy atom. The molecule has 1 aliphatic rings. The first kappa shape index (κ1) is 19.5. The van der Waals surface area contributed by atoms with Gasteiger partial charge < -0.3 is 24.8 Å². The van der Waals surface area contributed by atoms with Gasteiger partial charge in [-0.1, -0.05) is 6.07 Å². The standard InChI is InChI=1S/C18H28FN3O3/c1-2-20-18(21-8-4-10-24-17-7-11-23-14-17)22-9-12-25-16-6-3-5-15(19)13-16/h3,5-6,13,17H,2,4,7-12,14H2,1H3,(H2,20,21,22). The van der Waals surface area contributed by atoms with E-state index < -0.39 is 0 Å². The SMILES string of the molecule is CCNC(=NCCCOC1CCOC1)NCCOc1cccc(F)c1. The van der Waals surface area contributed by atoms with E-state index in [1.807, 2.05) is 6.92 Å². The van der Waals surface area contributed by atoms with Crippen molar-refractivity contribution in [2.24, 2.45) is 4.99 Å². The second-order valence-corrected chi connectivity index (χ2v) is 5.70. The van der Waals surface area contributed by atoms with Gasteiger partial charge in [-0.15, -0.1) is 0 Å². The number of aliphatic imine (C=N–C) groups is 1. The number of ether oxygens (including phenoxy) is 3. The number of benzene rings is 1. The average Bonchev–Trinajstić information content (AvgIpc) is 3.12. The van der Waals surface area contributed by atoms with Crippen LogP contribution >= 0.6 is 0 Å². The summed E-state index contributed by atoms with van der Waals surface area (Å²) in [5.41, 5.74) is 0. The number of nitrogens with zero attached hydrogens (tertiary/aromatic N) is 1. The summed E-state index contributed by atoms with van der Waals surface area (Å²) in [6, 6.07) is 6.13. The molecule has 1 fully saturated rings. The van der Waals surface area contributed by atoms with E-state index in [-0.39, 0.29) is 11.9 Å². The maximum Gasteiger partial charge on any atom is 0.191 e. The van der Waals surface area contributed by atoms with E-state index >= 15 is 0 Å². The average molecular weight is 353 g/mol. The van der Waals surface area contributed by atoms with E-state index in [4.69, 9.17) is 14.2 Å². The fraction of sp³-hybridized carbons (Fsp3) is 0.611. The number of hydrogen-bond donors (Lipinski definition) is 2. The van der Waals surface area contributed by atoms with Gasteiger partial charge in [-0.05, 0) is 31.9 Å². The van der Waals surface area contributed by atoms with Crippen molar-refractivity contribution in [1.29, 1.82) is 0 Å². The van der Waals surface area contributed by atoms with Crippen LogP contribution in [0.2, 0.25) is 0 Å². The van der Waals surface area contributed by atoms with Crippen LogP contribution in [0.25, 0.3) is 0 Å². The van der Waals surface area contributed by atoms with Crippen LogP contribution in [0.15, 0.2) is 29.3 Å². The van der Waals surface area contributed by atoms with Gasteiger partial charge in [0.25, 0.3) is 0 Å². The number of halogens is 1. The monoisotopic (exact) mass is 353 g/mol. The van der Waals surface area contributed by atoms with E-state index in [1.54, 1.807) is 12.1 Å². The maximum atomic E-state index is 13.1. The van der Waals surface area contributed by atoms with E-state index in [0.717, 1.165) is 32.0 Å². The summed E-state index contributed by atoms with van der Waals surface area (Å²) in [5.74, 6) is 0.970. The van der Waals surface area contributed by atoms with Crippen molar-refractivity contribution in [2.45, 2.75) is 25.9 Å². The van der Waals surface area contributed by atoms with Crippen LogP contribution in [0.3, 0.4) is 0 Å². The molecule has 7 heteroatoms. The first-order chi connectivity index (χ1) is 12.3. The normalized spacial score (nSPS) is 17.5. The maximum absolute atomic E-state index is 13.1. The Morgan fingerprint density at radius 1 is 1.36 bits per heavy atom. The Bertz CT molecular complexity index is 522. The van der Waals surface area contributed by atoms with Crippen LogP contribution in [0.1, 0.15) is 19.8 Å². The van der Waals surface area contributed by atoms with Gasteiger partial charge in [0, 0.05) is 32.4 Å². The van der Waals surface area contributed by atoms with Crippen molar-refractivity contribution in [3.63, 3.8) is 0 Å². The second kappa shape index (κ2) is 11.7. The zero-order valence-corrected chi connectivity index (χ0v) is 14.8. The van der Waals surface area contributed by atoms with Gasteiger partial charge in [0.1, 0.15) is 18.2 Å². The minimum absolute atomic E-state index is 0.246. The van der Waals surface area contributed by atoms with Crippen LogP contribution in [0, 0.1) is 5.82 Å². The minimum atomic E-state index is -0.299. The molecule has 1 aromatic rings. The number of rotatable bonds is 10. The topological polar surface area (TPSA) is 64.1 Å². The molecule has 1 saturated heterocycles. The second-order valence-electron chi connectivity index (χ2n) is 5.70. The third-order valence-electron chi connectivity index (χ3n) is 3.62. The molecular formula is C18H28FN3O3. The minimum Gasteiger partial charge on any atom is -0.492 e. The highest BCUT2D eigenvalue weighted by molar-refractivity contribution is 5.79. The Hall–Kier alpha value is -1.86. The van der Waals surface area contributed by atoms with Crippen molar-refractivity contribution in [1.82, 2.24) is 10.6 Å². The molecule has 0 radical (unpaired) electrons. The molecule has 0 amide bonds. The summed E-state index contributed by atoms with van der Waals surface area (Å²) in [4.78, 5) is 4.50. The molecule has 6 nitrogen and oxygen atoms in total. The van der Waals surface area contributed by atoms with Crippen LogP contribution in [0.4, 0.5) is 4.39 Å². The first-order valence-electron chi connectivity index (χ1n) is 8.88. The highest BCUT2D eigenvalue weighted by Crippen LogP contribution is 2.11. The highest BCUT2D eigenvalue weighted by atomic mass is 19.1. The predicted molar refractivity (Wildman–Crippen MR) is 95.7 cm³/mol. The highest BCUT2D eigenvalue weighted by Gasteiger charge is 2.15. The molecule has 0 spiro atoms. The van der Waals surface area contributed by atoms with Gasteiger partial charge in [0.2, 0.25) is 0 Å². The Kier molecular flexibility index (Phi) is 9.07. The molecule has 0 bridgehead atoms. The van der Waals surface area contributed by atoms with E-state index in [0.29, 0.717) is 38.7 Å². The smallest absolute Gasteiger partial charge is 0.191 e. The lowest BCUT2D eigenvalue weighted by Gasteiger charge is -2.12. The lowest BCUT2D eigenvalue weighted by atomic mass is 10.3. The van der Waals surface area contributed by atoms with Gasteiger partial charge in [0.15, 0.2) is 5.96 Å². The van der Waals surface area contributed by atoms with Gasteiger partial charge >= 0.3 is 0 Å². The summed E-state index contributed by atoms with van der Waals surface area (Å²) >= 11 is 0. The third-order valence-corrected chi connectivity index (χ3v) is 3.62. The van der Waals surface area contributed by atoms with Gasteiger partial charge in [-0.2, -0.15) is 0 Å². The molecular weight excluding hydrogens is 325 g/mol. The van der Waals surface area contributed by atoms with Crippen molar-refractivity contribution < 1.29 is 18.6 Å². The summed E-state index contributed by atoms with van der Waals surface area (Å²) in [7, 11) is 0. The van der Waals surface area contributed by atoms with Crippen LogP contribution in [-0.2, 0) is 9.47 Å². The molecule has 0 aromatic heterocycles. The summed E-state index contributed by atoms with van der Waals surface area (Å²) in [5, 5.41) is 6.38. The van der Waals surface area contributed by atoms with Gasteiger partial charge in [0.05, 0.1) is 19.3 Å². The molecule has 1 heterocycles. The molecule has 1 aromatic carbocycles. The molecule has 2 N–H and O–H groups in total. The fourth-order valence-electron chi connectivity index (χ4n) is 2.39. The van der Waals surface area contributed by atoms with E-state index in [1.165, 1.54) is 12.1 Å².